The van der Waals surface area contributed by atoms with Crippen molar-refractivity contribution in [2.75, 3.05) is 20.8 Å². The first-order valence-corrected chi connectivity index (χ1v) is 10.3. The molecule has 0 atom stereocenters. The van der Waals surface area contributed by atoms with Gasteiger partial charge in [-0.1, -0.05) is 54.6 Å². The summed E-state index contributed by atoms with van der Waals surface area (Å²) in [4.78, 5) is 12.7. The van der Waals surface area contributed by atoms with Crippen LogP contribution in [0.1, 0.15) is 33.5 Å². The van der Waals surface area contributed by atoms with Gasteiger partial charge in [0.15, 0.2) is 11.5 Å². The van der Waals surface area contributed by atoms with Gasteiger partial charge in [-0.2, -0.15) is 0 Å². The Labute approximate surface area is 178 Å². The van der Waals surface area contributed by atoms with E-state index in [0.29, 0.717) is 6.54 Å². The summed E-state index contributed by atoms with van der Waals surface area (Å²) in [5.74, 6) is 1.44. The number of hydrogen-bond donors (Lipinski definition) is 1. The number of methoxy groups -OCH3 is 2. The highest BCUT2D eigenvalue weighted by atomic mass is 16.5. The van der Waals surface area contributed by atoms with Crippen LogP contribution in [0.5, 0.6) is 11.5 Å². The molecule has 0 radical (unpaired) electrons. The Balaban J connectivity index is 1.51. The van der Waals surface area contributed by atoms with Crippen molar-refractivity contribution in [3.8, 4) is 11.5 Å². The van der Waals surface area contributed by atoms with Gasteiger partial charge in [0.1, 0.15) is 0 Å². The normalized spacial score (nSPS) is 10.5. The Morgan fingerprint density at radius 1 is 0.767 bits per heavy atom. The predicted molar refractivity (Wildman–Crippen MR) is 120 cm³/mol. The first-order chi connectivity index (χ1) is 14.7. The van der Waals surface area contributed by atoms with Gasteiger partial charge < -0.3 is 14.8 Å². The van der Waals surface area contributed by atoms with E-state index in [-0.39, 0.29) is 5.91 Å². The Bertz CT molecular complexity index is 954. The molecular formula is C26H29NO3. The van der Waals surface area contributed by atoms with Crippen molar-refractivity contribution in [2.24, 2.45) is 0 Å². The standard InChI is InChI=1S/C26H29NO3/c1-29-24-17-15-21(19-25(24)30-2)11-8-18-27-26(28)23-13-7-6-12-22(23)16-14-20-9-4-3-5-10-20/h3-7,9-10,12-13,15,17,19H,8,11,14,16,18H2,1-2H3,(H,27,28). The molecule has 0 aliphatic carbocycles. The minimum atomic E-state index is -0.00836. The number of ether oxygens (including phenoxy) is 2. The fraction of sp³-hybridized carbons (Fsp3) is 0.269. The molecule has 0 aliphatic rings. The average molecular weight is 404 g/mol. The molecule has 0 fully saturated rings. The van der Waals surface area contributed by atoms with Crippen molar-refractivity contribution in [3.05, 3.63) is 95.1 Å². The van der Waals surface area contributed by atoms with Crippen LogP contribution in [0.15, 0.2) is 72.8 Å². The van der Waals surface area contributed by atoms with E-state index in [9.17, 15) is 4.79 Å². The Morgan fingerprint density at radius 2 is 1.50 bits per heavy atom. The molecule has 0 unspecified atom stereocenters. The second-order valence-electron chi connectivity index (χ2n) is 7.19. The number of aryl methyl sites for hydroxylation is 3. The number of amides is 1. The number of hydrogen-bond acceptors (Lipinski definition) is 3. The van der Waals surface area contributed by atoms with Gasteiger partial charge in [0.05, 0.1) is 14.2 Å². The van der Waals surface area contributed by atoms with Crippen molar-refractivity contribution >= 4 is 5.91 Å². The zero-order valence-corrected chi connectivity index (χ0v) is 17.7. The van der Waals surface area contributed by atoms with Gasteiger partial charge in [-0.15, -0.1) is 0 Å². The number of carbonyl (C=O) groups is 1. The summed E-state index contributed by atoms with van der Waals surface area (Å²) in [5.41, 5.74) is 4.28. The third-order valence-corrected chi connectivity index (χ3v) is 5.16. The van der Waals surface area contributed by atoms with E-state index in [1.165, 1.54) is 5.56 Å². The summed E-state index contributed by atoms with van der Waals surface area (Å²) < 4.78 is 10.6. The van der Waals surface area contributed by atoms with Crippen molar-refractivity contribution < 1.29 is 14.3 Å². The molecular weight excluding hydrogens is 374 g/mol. The first-order valence-electron chi connectivity index (χ1n) is 10.3. The second-order valence-corrected chi connectivity index (χ2v) is 7.19. The molecule has 0 saturated heterocycles. The van der Waals surface area contributed by atoms with Crippen LogP contribution in [0.25, 0.3) is 0 Å². The fourth-order valence-electron chi connectivity index (χ4n) is 3.51. The van der Waals surface area contributed by atoms with Crippen molar-refractivity contribution in [1.29, 1.82) is 0 Å². The minimum Gasteiger partial charge on any atom is -0.493 e. The zero-order chi connectivity index (χ0) is 21.2. The lowest BCUT2D eigenvalue weighted by Gasteiger charge is -2.11. The molecule has 1 amide bonds. The van der Waals surface area contributed by atoms with Crippen LogP contribution in [0, 0.1) is 0 Å². The quantitative estimate of drug-likeness (QED) is 0.492. The average Bonchev–Trinajstić information content (AvgIpc) is 2.81. The smallest absolute Gasteiger partial charge is 0.251 e. The van der Waals surface area contributed by atoms with Crippen molar-refractivity contribution in [1.82, 2.24) is 5.32 Å². The number of rotatable bonds is 10. The molecule has 0 saturated carbocycles. The van der Waals surface area contributed by atoms with Gasteiger partial charge in [0.25, 0.3) is 5.91 Å². The largest absolute Gasteiger partial charge is 0.493 e. The lowest BCUT2D eigenvalue weighted by molar-refractivity contribution is 0.0952. The van der Waals surface area contributed by atoms with E-state index in [0.717, 1.165) is 53.9 Å². The van der Waals surface area contributed by atoms with E-state index in [2.05, 4.69) is 17.4 Å². The van der Waals surface area contributed by atoms with Crippen molar-refractivity contribution in [3.63, 3.8) is 0 Å². The molecule has 30 heavy (non-hydrogen) atoms. The topological polar surface area (TPSA) is 47.6 Å². The van der Waals surface area contributed by atoms with E-state index in [1.54, 1.807) is 14.2 Å². The van der Waals surface area contributed by atoms with Gasteiger partial charge in [-0.05, 0) is 60.6 Å². The SMILES string of the molecule is COc1ccc(CCCNC(=O)c2ccccc2CCc2ccccc2)cc1OC. The van der Waals surface area contributed by atoms with E-state index in [1.807, 2.05) is 60.7 Å². The van der Waals surface area contributed by atoms with Gasteiger partial charge in [-0.25, -0.2) is 0 Å². The summed E-state index contributed by atoms with van der Waals surface area (Å²) in [6, 6.07) is 24.2. The van der Waals surface area contributed by atoms with Crippen LogP contribution in [-0.2, 0) is 19.3 Å². The Morgan fingerprint density at radius 3 is 2.27 bits per heavy atom. The number of nitrogens with one attached hydrogen (secondary N) is 1. The van der Waals surface area contributed by atoms with Gasteiger partial charge in [0.2, 0.25) is 0 Å². The Kier molecular flexibility index (Phi) is 7.90. The molecule has 0 heterocycles. The highest BCUT2D eigenvalue weighted by Gasteiger charge is 2.11. The number of carbonyl (C=O) groups excluding carboxylic acids is 1. The molecule has 0 spiro atoms. The molecule has 3 rings (SSSR count). The van der Waals surface area contributed by atoms with E-state index in [4.69, 9.17) is 9.47 Å². The molecule has 3 aromatic carbocycles. The molecule has 0 aliphatic heterocycles. The second kappa shape index (κ2) is 11.1. The summed E-state index contributed by atoms with van der Waals surface area (Å²) in [6.07, 6.45) is 3.48. The maximum Gasteiger partial charge on any atom is 0.251 e. The summed E-state index contributed by atoms with van der Waals surface area (Å²) in [5, 5.41) is 3.06. The van der Waals surface area contributed by atoms with Crippen LogP contribution in [0.2, 0.25) is 0 Å². The van der Waals surface area contributed by atoms with Crippen LogP contribution in [-0.4, -0.2) is 26.7 Å². The highest BCUT2D eigenvalue weighted by molar-refractivity contribution is 5.95. The minimum absolute atomic E-state index is 0.00836. The van der Waals surface area contributed by atoms with Gasteiger partial charge in [-0.3, -0.25) is 4.79 Å². The lowest BCUT2D eigenvalue weighted by Crippen LogP contribution is -2.26. The van der Waals surface area contributed by atoms with Gasteiger partial charge in [0, 0.05) is 12.1 Å². The monoisotopic (exact) mass is 403 g/mol. The Hall–Kier alpha value is -3.27. The molecule has 4 nitrogen and oxygen atoms in total. The highest BCUT2D eigenvalue weighted by Crippen LogP contribution is 2.27. The molecule has 0 bridgehead atoms. The summed E-state index contributed by atoms with van der Waals surface area (Å²) >= 11 is 0. The van der Waals surface area contributed by atoms with Crippen LogP contribution >= 0.6 is 0 Å². The molecule has 4 heteroatoms. The molecule has 3 aromatic rings. The van der Waals surface area contributed by atoms with Crippen molar-refractivity contribution in [2.45, 2.75) is 25.7 Å². The lowest BCUT2D eigenvalue weighted by atomic mass is 9.99. The fourth-order valence-corrected chi connectivity index (χ4v) is 3.51. The van der Waals surface area contributed by atoms with E-state index < -0.39 is 0 Å². The van der Waals surface area contributed by atoms with E-state index >= 15 is 0 Å². The molecule has 156 valence electrons. The first kappa shape index (κ1) is 21.4. The maximum absolute atomic E-state index is 12.7. The predicted octanol–water partition coefficient (Wildman–Crippen LogP) is 4.85. The summed E-state index contributed by atoms with van der Waals surface area (Å²) in [7, 11) is 3.27. The third-order valence-electron chi connectivity index (χ3n) is 5.16. The summed E-state index contributed by atoms with van der Waals surface area (Å²) in [6.45, 7) is 0.625. The van der Waals surface area contributed by atoms with Crippen LogP contribution in [0.4, 0.5) is 0 Å². The molecule has 0 aromatic heterocycles. The zero-order valence-electron chi connectivity index (χ0n) is 17.7. The number of benzene rings is 3. The maximum atomic E-state index is 12.7. The molecule has 1 N–H and O–H groups in total. The van der Waals surface area contributed by atoms with Gasteiger partial charge >= 0.3 is 0 Å². The third kappa shape index (κ3) is 5.86. The van der Waals surface area contributed by atoms with Crippen LogP contribution < -0.4 is 14.8 Å². The van der Waals surface area contributed by atoms with Crippen LogP contribution in [0.3, 0.4) is 0 Å².